The van der Waals surface area contributed by atoms with Crippen molar-refractivity contribution < 1.29 is 0 Å². The minimum atomic E-state index is 1.11. The van der Waals surface area contributed by atoms with Crippen LogP contribution in [0, 0.1) is 0 Å². The van der Waals surface area contributed by atoms with Crippen LogP contribution in [0.3, 0.4) is 0 Å². The molecular formula is C48H32N2. The molecule has 9 aromatic carbocycles. The van der Waals surface area contributed by atoms with Crippen LogP contribution in [0.1, 0.15) is 0 Å². The highest BCUT2D eigenvalue weighted by Gasteiger charge is 2.23. The zero-order valence-electron chi connectivity index (χ0n) is 27.4. The summed E-state index contributed by atoms with van der Waals surface area (Å²) in [7, 11) is 0. The Kier molecular flexibility index (Phi) is 6.53. The third-order valence-corrected chi connectivity index (χ3v) is 10.1. The van der Waals surface area contributed by atoms with E-state index >= 15 is 0 Å². The minimum Gasteiger partial charge on any atom is -0.309 e. The van der Waals surface area contributed by atoms with Gasteiger partial charge in [-0.1, -0.05) is 146 Å². The molecular weight excluding hydrogens is 605 g/mol. The third-order valence-electron chi connectivity index (χ3n) is 10.1. The van der Waals surface area contributed by atoms with E-state index in [1.54, 1.807) is 0 Å². The molecule has 10 rings (SSSR count). The van der Waals surface area contributed by atoms with Gasteiger partial charge in [-0.05, 0) is 86.6 Å². The average molecular weight is 637 g/mol. The molecule has 0 radical (unpaired) electrons. The predicted octanol–water partition coefficient (Wildman–Crippen LogP) is 13.4. The van der Waals surface area contributed by atoms with Gasteiger partial charge in [0.25, 0.3) is 0 Å². The number of benzene rings is 9. The van der Waals surface area contributed by atoms with Crippen LogP contribution in [-0.4, -0.2) is 4.57 Å². The van der Waals surface area contributed by atoms with E-state index in [2.05, 4.69) is 204 Å². The summed E-state index contributed by atoms with van der Waals surface area (Å²) in [4.78, 5) is 2.50. The van der Waals surface area contributed by atoms with Gasteiger partial charge in [0.2, 0.25) is 0 Å². The number of rotatable bonds is 5. The van der Waals surface area contributed by atoms with Gasteiger partial charge in [-0.2, -0.15) is 0 Å². The van der Waals surface area contributed by atoms with Crippen molar-refractivity contribution in [2.45, 2.75) is 0 Å². The van der Waals surface area contributed by atoms with Crippen LogP contribution in [0.5, 0.6) is 0 Å². The minimum absolute atomic E-state index is 1.11. The molecule has 0 fully saturated rings. The molecule has 0 aliphatic carbocycles. The number of fused-ring (bicyclic) bond motifs is 8. The summed E-state index contributed by atoms with van der Waals surface area (Å²) in [6.45, 7) is 0. The number of anilines is 3. The van der Waals surface area contributed by atoms with Crippen LogP contribution >= 0.6 is 0 Å². The van der Waals surface area contributed by atoms with E-state index in [4.69, 9.17) is 0 Å². The zero-order valence-corrected chi connectivity index (χ0v) is 27.4. The molecule has 50 heavy (non-hydrogen) atoms. The Morgan fingerprint density at radius 3 is 1.78 bits per heavy atom. The van der Waals surface area contributed by atoms with Gasteiger partial charge < -0.3 is 9.47 Å². The van der Waals surface area contributed by atoms with Gasteiger partial charge in [-0.15, -0.1) is 0 Å². The average Bonchev–Trinajstić information content (AvgIpc) is 3.54. The predicted molar refractivity (Wildman–Crippen MR) is 213 cm³/mol. The smallest absolute Gasteiger partial charge is 0.0562 e. The molecule has 0 unspecified atom stereocenters. The maximum Gasteiger partial charge on any atom is 0.0562 e. The van der Waals surface area contributed by atoms with Crippen molar-refractivity contribution in [3.8, 4) is 16.8 Å². The molecule has 10 aromatic rings. The summed E-state index contributed by atoms with van der Waals surface area (Å²) in [6.07, 6.45) is 0. The summed E-state index contributed by atoms with van der Waals surface area (Å²) in [5.74, 6) is 0. The first-order valence-corrected chi connectivity index (χ1v) is 17.2. The highest BCUT2D eigenvalue weighted by atomic mass is 15.1. The summed E-state index contributed by atoms with van der Waals surface area (Å²) in [5, 5.41) is 9.93. The molecule has 234 valence electrons. The highest BCUT2D eigenvalue weighted by molar-refractivity contribution is 6.25. The Morgan fingerprint density at radius 1 is 0.340 bits per heavy atom. The number of nitrogens with zero attached hydrogens (tertiary/aromatic N) is 2. The van der Waals surface area contributed by atoms with Crippen molar-refractivity contribution in [3.05, 3.63) is 194 Å². The number of hydrogen-bond acceptors (Lipinski definition) is 1. The topological polar surface area (TPSA) is 8.17 Å². The molecule has 0 atom stereocenters. The van der Waals surface area contributed by atoms with Crippen LogP contribution in [0.25, 0.3) is 70.9 Å². The standard InChI is InChI=1S/C48H32N2/c1-3-15-33(16-4-1)35-19-13-22-38(31-35)50(46-32-36-18-8-10-24-40(36)47-39-23-9-7-17-34(39)29-30-42(46)47)45-28-14-27-44-48(45)41-25-11-12-26-43(41)49(44)37-20-5-2-6-21-37/h1-32H. The lowest BCUT2D eigenvalue weighted by Gasteiger charge is -2.29. The summed E-state index contributed by atoms with van der Waals surface area (Å²) >= 11 is 0. The van der Waals surface area contributed by atoms with Crippen molar-refractivity contribution in [3.63, 3.8) is 0 Å². The Bertz CT molecular complexity index is 2850. The van der Waals surface area contributed by atoms with Crippen molar-refractivity contribution >= 4 is 71.2 Å². The lowest BCUT2D eigenvalue weighted by Crippen LogP contribution is -2.11. The Hall–Kier alpha value is -6.64. The van der Waals surface area contributed by atoms with E-state index in [1.165, 1.54) is 65.3 Å². The monoisotopic (exact) mass is 636 g/mol. The Labute approximate surface area is 290 Å². The second kappa shape index (κ2) is 11.5. The fourth-order valence-electron chi connectivity index (χ4n) is 7.94. The zero-order chi connectivity index (χ0) is 33.0. The maximum atomic E-state index is 2.50. The van der Waals surface area contributed by atoms with Gasteiger partial charge in [-0.3, -0.25) is 0 Å². The van der Waals surface area contributed by atoms with Crippen molar-refractivity contribution in [2.75, 3.05) is 4.90 Å². The second-order valence-corrected chi connectivity index (χ2v) is 12.9. The molecule has 1 aromatic heterocycles. The van der Waals surface area contributed by atoms with Crippen LogP contribution in [0.2, 0.25) is 0 Å². The number of aromatic nitrogens is 1. The lowest BCUT2D eigenvalue weighted by atomic mass is 9.94. The largest absolute Gasteiger partial charge is 0.309 e. The number of hydrogen-bond donors (Lipinski definition) is 0. The quantitative estimate of drug-likeness (QED) is 0.171. The SMILES string of the molecule is c1ccc(-c2cccc(N(c3cc4ccccc4c4c3ccc3ccccc34)c3cccc4c3c3ccccc3n4-c3ccccc3)c2)cc1. The molecule has 0 aliphatic rings. The molecule has 0 aliphatic heterocycles. The van der Waals surface area contributed by atoms with Gasteiger partial charge >= 0.3 is 0 Å². The van der Waals surface area contributed by atoms with Crippen LogP contribution in [0.4, 0.5) is 17.1 Å². The van der Waals surface area contributed by atoms with Gasteiger partial charge in [0.15, 0.2) is 0 Å². The summed E-state index contributed by atoms with van der Waals surface area (Å²) in [5.41, 5.74) is 9.30. The normalized spacial score (nSPS) is 11.6. The lowest BCUT2D eigenvalue weighted by molar-refractivity contribution is 1.18. The van der Waals surface area contributed by atoms with Gasteiger partial charge in [0, 0.05) is 27.5 Å². The highest BCUT2D eigenvalue weighted by Crippen LogP contribution is 2.48. The van der Waals surface area contributed by atoms with E-state index in [-0.39, 0.29) is 0 Å². The van der Waals surface area contributed by atoms with E-state index in [0.29, 0.717) is 0 Å². The second-order valence-electron chi connectivity index (χ2n) is 12.9. The molecule has 0 amide bonds. The first kappa shape index (κ1) is 28.4. The first-order chi connectivity index (χ1) is 24.8. The fraction of sp³-hybridized carbons (Fsp3) is 0. The van der Waals surface area contributed by atoms with E-state index < -0.39 is 0 Å². The van der Waals surface area contributed by atoms with Crippen LogP contribution < -0.4 is 4.90 Å². The molecule has 0 bridgehead atoms. The van der Waals surface area contributed by atoms with Gasteiger partial charge in [0.05, 0.1) is 22.4 Å². The van der Waals surface area contributed by atoms with Gasteiger partial charge in [0.1, 0.15) is 0 Å². The summed E-state index contributed by atoms with van der Waals surface area (Å²) in [6, 6.07) is 70.5. The molecule has 2 heteroatoms. The van der Waals surface area contributed by atoms with Crippen molar-refractivity contribution in [1.29, 1.82) is 0 Å². The molecule has 0 saturated heterocycles. The van der Waals surface area contributed by atoms with Crippen molar-refractivity contribution in [2.24, 2.45) is 0 Å². The number of para-hydroxylation sites is 2. The van der Waals surface area contributed by atoms with E-state index in [9.17, 15) is 0 Å². The molecule has 2 nitrogen and oxygen atoms in total. The Balaban J connectivity index is 1.36. The third kappa shape index (κ3) is 4.43. The first-order valence-electron chi connectivity index (χ1n) is 17.2. The van der Waals surface area contributed by atoms with Crippen LogP contribution in [0.15, 0.2) is 194 Å². The molecule has 0 spiro atoms. The molecule has 0 saturated carbocycles. The van der Waals surface area contributed by atoms with Crippen LogP contribution in [-0.2, 0) is 0 Å². The molecule has 0 N–H and O–H groups in total. The fourth-order valence-corrected chi connectivity index (χ4v) is 7.94. The molecule has 1 heterocycles. The maximum absolute atomic E-state index is 2.50. The van der Waals surface area contributed by atoms with E-state index in [0.717, 1.165) is 22.7 Å². The Morgan fingerprint density at radius 2 is 0.960 bits per heavy atom. The summed E-state index contributed by atoms with van der Waals surface area (Å²) < 4.78 is 2.40. The van der Waals surface area contributed by atoms with Crippen molar-refractivity contribution in [1.82, 2.24) is 4.57 Å². The van der Waals surface area contributed by atoms with Gasteiger partial charge in [-0.25, -0.2) is 0 Å². The van der Waals surface area contributed by atoms with E-state index in [1.807, 2.05) is 0 Å².